The van der Waals surface area contributed by atoms with E-state index in [1.807, 2.05) is 11.8 Å². The minimum absolute atomic E-state index is 0.349. The number of nitrogens with one attached hydrogen (secondary N) is 2. The first-order chi connectivity index (χ1) is 9.34. The smallest absolute Gasteiger partial charge is 0.0600 e. The molecule has 1 heterocycles. The maximum absolute atomic E-state index is 3.42. The van der Waals surface area contributed by atoms with Gasteiger partial charge in [-0.15, -0.1) is 11.8 Å². The van der Waals surface area contributed by atoms with E-state index in [0.29, 0.717) is 17.3 Å². The number of hydrogen-bond donors (Lipinski definition) is 2. The van der Waals surface area contributed by atoms with E-state index >= 15 is 0 Å². The second-order valence-corrected chi connectivity index (χ2v) is 6.11. The molecule has 0 aliphatic carbocycles. The quantitative estimate of drug-likeness (QED) is 0.894. The summed E-state index contributed by atoms with van der Waals surface area (Å²) in [5.74, 6) is 0. The molecule has 3 unspecified atom stereocenters. The Morgan fingerprint density at radius 2 is 1.47 bits per heavy atom. The molecular formula is C16H18N2S. The van der Waals surface area contributed by atoms with Crippen molar-refractivity contribution >= 4 is 11.8 Å². The van der Waals surface area contributed by atoms with Crippen LogP contribution in [-0.2, 0) is 0 Å². The molecule has 1 fully saturated rings. The lowest BCUT2D eigenvalue weighted by Crippen LogP contribution is -2.29. The molecule has 2 aromatic rings. The number of rotatable bonds is 3. The summed E-state index contributed by atoms with van der Waals surface area (Å²) in [6.07, 6.45) is 0. The van der Waals surface area contributed by atoms with Gasteiger partial charge in [-0.25, -0.2) is 5.43 Å². The van der Waals surface area contributed by atoms with Crippen molar-refractivity contribution in [2.75, 3.05) is 0 Å². The van der Waals surface area contributed by atoms with Gasteiger partial charge in [-0.05, 0) is 24.6 Å². The van der Waals surface area contributed by atoms with Crippen LogP contribution in [0.3, 0.4) is 0 Å². The molecule has 19 heavy (non-hydrogen) atoms. The molecule has 0 bridgehead atoms. The Kier molecular flexibility index (Phi) is 3.87. The Morgan fingerprint density at radius 1 is 0.842 bits per heavy atom. The molecule has 2 aromatic carbocycles. The van der Waals surface area contributed by atoms with Gasteiger partial charge in [0.25, 0.3) is 0 Å². The van der Waals surface area contributed by atoms with Gasteiger partial charge >= 0.3 is 0 Å². The molecule has 2 nitrogen and oxygen atoms in total. The lowest BCUT2D eigenvalue weighted by molar-refractivity contribution is 0.560. The molecule has 1 aliphatic rings. The van der Waals surface area contributed by atoms with E-state index in [0.717, 1.165) is 0 Å². The van der Waals surface area contributed by atoms with Gasteiger partial charge in [-0.1, -0.05) is 48.5 Å². The van der Waals surface area contributed by atoms with Crippen LogP contribution < -0.4 is 10.9 Å². The third-order valence-electron chi connectivity index (χ3n) is 3.46. The van der Waals surface area contributed by atoms with E-state index in [9.17, 15) is 0 Å². The van der Waals surface area contributed by atoms with E-state index in [4.69, 9.17) is 0 Å². The van der Waals surface area contributed by atoms with Crippen LogP contribution in [0.5, 0.6) is 0 Å². The molecule has 98 valence electrons. The van der Waals surface area contributed by atoms with Crippen LogP contribution in [0.25, 0.3) is 0 Å². The van der Waals surface area contributed by atoms with Gasteiger partial charge in [0.1, 0.15) is 0 Å². The summed E-state index contributed by atoms with van der Waals surface area (Å²) >= 11 is 1.94. The van der Waals surface area contributed by atoms with E-state index in [1.54, 1.807) is 0 Å². The highest BCUT2D eigenvalue weighted by atomic mass is 32.2. The first-order valence-electron chi connectivity index (χ1n) is 6.62. The maximum Gasteiger partial charge on any atom is 0.0600 e. The third-order valence-corrected chi connectivity index (χ3v) is 4.96. The fraction of sp³-hybridized carbons (Fsp3) is 0.250. The normalized spacial score (nSPS) is 26.5. The average Bonchev–Trinajstić information content (AvgIpc) is 2.82. The van der Waals surface area contributed by atoms with Crippen molar-refractivity contribution < 1.29 is 0 Å². The standard InChI is InChI=1S/C16H18N2S/c1-12-16(19-14-10-6-3-7-11-14)15(18-17-12)13-8-4-2-5-9-13/h2-12,15-18H,1H3. The fourth-order valence-corrected chi connectivity index (χ4v) is 3.70. The predicted octanol–water partition coefficient (Wildman–Crippen LogP) is 3.38. The van der Waals surface area contributed by atoms with Crippen LogP contribution in [0.2, 0.25) is 0 Å². The van der Waals surface area contributed by atoms with Crippen LogP contribution in [0.4, 0.5) is 0 Å². The van der Waals surface area contributed by atoms with Crippen molar-refractivity contribution in [3.63, 3.8) is 0 Å². The zero-order valence-electron chi connectivity index (χ0n) is 10.9. The topological polar surface area (TPSA) is 24.1 Å². The van der Waals surface area contributed by atoms with Gasteiger partial charge < -0.3 is 0 Å². The van der Waals surface area contributed by atoms with Crippen molar-refractivity contribution in [3.8, 4) is 0 Å². The Balaban J connectivity index is 1.81. The van der Waals surface area contributed by atoms with Crippen molar-refractivity contribution in [1.29, 1.82) is 0 Å². The SMILES string of the molecule is CC1NNC(c2ccccc2)C1Sc1ccccc1. The highest BCUT2D eigenvalue weighted by Crippen LogP contribution is 2.36. The van der Waals surface area contributed by atoms with Crippen LogP contribution in [-0.4, -0.2) is 11.3 Å². The maximum atomic E-state index is 3.42. The fourth-order valence-electron chi connectivity index (χ4n) is 2.43. The molecule has 0 saturated carbocycles. The van der Waals surface area contributed by atoms with Crippen molar-refractivity contribution in [1.82, 2.24) is 10.9 Å². The highest BCUT2D eigenvalue weighted by Gasteiger charge is 2.34. The van der Waals surface area contributed by atoms with Gasteiger partial charge in [0.15, 0.2) is 0 Å². The summed E-state index contributed by atoms with van der Waals surface area (Å²) < 4.78 is 0. The van der Waals surface area contributed by atoms with Gasteiger partial charge in [-0.2, -0.15) is 0 Å². The average molecular weight is 270 g/mol. The van der Waals surface area contributed by atoms with E-state index in [1.165, 1.54) is 10.5 Å². The number of benzene rings is 2. The molecule has 3 rings (SSSR count). The Bertz CT molecular complexity index is 515. The minimum atomic E-state index is 0.349. The Hall–Kier alpha value is -1.29. The predicted molar refractivity (Wildman–Crippen MR) is 81.0 cm³/mol. The first kappa shape index (κ1) is 12.7. The number of hydrazine groups is 1. The van der Waals surface area contributed by atoms with Crippen molar-refractivity contribution in [2.45, 2.75) is 29.2 Å². The van der Waals surface area contributed by atoms with Gasteiger partial charge in [0, 0.05) is 16.2 Å². The third kappa shape index (κ3) is 2.84. The van der Waals surface area contributed by atoms with Crippen LogP contribution >= 0.6 is 11.8 Å². The molecule has 3 atom stereocenters. The monoisotopic (exact) mass is 270 g/mol. The summed E-state index contributed by atoms with van der Waals surface area (Å²) in [6.45, 7) is 2.23. The van der Waals surface area contributed by atoms with E-state index in [2.05, 4.69) is 78.4 Å². The molecule has 3 heteroatoms. The summed E-state index contributed by atoms with van der Waals surface area (Å²) in [5, 5.41) is 0.491. The van der Waals surface area contributed by atoms with Crippen LogP contribution in [0, 0.1) is 0 Å². The number of hydrogen-bond acceptors (Lipinski definition) is 3. The molecule has 2 N–H and O–H groups in total. The summed E-state index contributed by atoms with van der Waals surface area (Å²) in [4.78, 5) is 1.32. The van der Waals surface area contributed by atoms with Gasteiger partial charge in [0.2, 0.25) is 0 Å². The van der Waals surface area contributed by atoms with E-state index < -0.39 is 0 Å². The number of thioether (sulfide) groups is 1. The zero-order valence-corrected chi connectivity index (χ0v) is 11.7. The second-order valence-electron chi connectivity index (χ2n) is 4.86. The van der Waals surface area contributed by atoms with Crippen molar-refractivity contribution in [3.05, 3.63) is 66.2 Å². The van der Waals surface area contributed by atoms with Gasteiger partial charge in [-0.3, -0.25) is 5.43 Å². The molecule has 0 amide bonds. The summed E-state index contributed by atoms with van der Waals surface area (Å²) in [5.41, 5.74) is 8.13. The summed E-state index contributed by atoms with van der Waals surface area (Å²) in [7, 11) is 0. The van der Waals surface area contributed by atoms with E-state index in [-0.39, 0.29) is 0 Å². The first-order valence-corrected chi connectivity index (χ1v) is 7.50. The minimum Gasteiger partial charge on any atom is -0.253 e. The Labute approximate surface area is 118 Å². The molecule has 0 aromatic heterocycles. The van der Waals surface area contributed by atoms with Gasteiger partial charge in [0.05, 0.1) is 6.04 Å². The lowest BCUT2D eigenvalue weighted by Gasteiger charge is -2.20. The molecule has 1 aliphatic heterocycles. The molecule has 0 spiro atoms. The Morgan fingerprint density at radius 3 is 2.16 bits per heavy atom. The highest BCUT2D eigenvalue weighted by molar-refractivity contribution is 8.00. The largest absolute Gasteiger partial charge is 0.253 e. The summed E-state index contributed by atoms with van der Waals surface area (Å²) in [6, 6.07) is 22.1. The van der Waals surface area contributed by atoms with Crippen LogP contribution in [0.15, 0.2) is 65.6 Å². The molecular weight excluding hydrogens is 252 g/mol. The molecule has 0 radical (unpaired) electrons. The van der Waals surface area contributed by atoms with Crippen molar-refractivity contribution in [2.24, 2.45) is 0 Å². The lowest BCUT2D eigenvalue weighted by atomic mass is 10.0. The zero-order chi connectivity index (χ0) is 13.1. The molecule has 1 saturated heterocycles. The van der Waals surface area contributed by atoms with Crippen LogP contribution in [0.1, 0.15) is 18.5 Å². The second kappa shape index (κ2) is 5.78.